The van der Waals surface area contributed by atoms with E-state index in [1.54, 1.807) is 0 Å². The summed E-state index contributed by atoms with van der Waals surface area (Å²) in [5.74, 6) is 0.578. The van der Waals surface area contributed by atoms with Gasteiger partial charge in [0.05, 0.1) is 5.60 Å². The summed E-state index contributed by atoms with van der Waals surface area (Å²) in [6.07, 6.45) is 7.36. The number of nitrogens with zero attached hydrogens (tertiary/aromatic N) is 1. The molecule has 2 aromatic rings. The molecule has 1 N–H and O–H groups in total. The molecule has 1 aromatic carbocycles. The van der Waals surface area contributed by atoms with Crippen LogP contribution in [0, 0.1) is 6.92 Å². The van der Waals surface area contributed by atoms with Crippen LogP contribution in [0.3, 0.4) is 0 Å². The molecule has 0 saturated heterocycles. The lowest BCUT2D eigenvalue weighted by Crippen LogP contribution is -2.31. The first-order chi connectivity index (χ1) is 9.67. The van der Waals surface area contributed by atoms with Crippen LogP contribution in [0.1, 0.15) is 48.3 Å². The van der Waals surface area contributed by atoms with E-state index in [1.165, 1.54) is 5.56 Å². The molecular weight excluding hydrogens is 246 g/mol. The Balaban J connectivity index is 1.75. The quantitative estimate of drug-likeness (QED) is 0.894. The van der Waals surface area contributed by atoms with Crippen molar-refractivity contribution in [2.75, 3.05) is 0 Å². The van der Waals surface area contributed by atoms with Crippen LogP contribution in [-0.2, 0) is 5.60 Å². The topological polar surface area (TPSA) is 33.1 Å². The number of aryl methyl sites for hydroxylation is 1. The SMILES string of the molecule is Cc1cncc(C2(O)CCC(c3ccccc3)CC2)c1. The van der Waals surface area contributed by atoms with E-state index >= 15 is 0 Å². The summed E-state index contributed by atoms with van der Waals surface area (Å²) < 4.78 is 0. The number of hydrogen-bond acceptors (Lipinski definition) is 2. The van der Waals surface area contributed by atoms with Crippen LogP contribution < -0.4 is 0 Å². The fourth-order valence-electron chi connectivity index (χ4n) is 3.25. The maximum atomic E-state index is 10.9. The van der Waals surface area contributed by atoms with Gasteiger partial charge in [0.15, 0.2) is 0 Å². The minimum Gasteiger partial charge on any atom is -0.385 e. The summed E-state index contributed by atoms with van der Waals surface area (Å²) in [5, 5.41) is 10.9. The second-order valence-electron chi connectivity index (χ2n) is 5.97. The molecule has 1 aliphatic rings. The highest BCUT2D eigenvalue weighted by atomic mass is 16.3. The van der Waals surface area contributed by atoms with Crippen LogP contribution in [-0.4, -0.2) is 10.1 Å². The Hall–Kier alpha value is -1.67. The lowest BCUT2D eigenvalue weighted by molar-refractivity contribution is -0.00600. The minimum atomic E-state index is -0.690. The highest BCUT2D eigenvalue weighted by Crippen LogP contribution is 2.43. The van der Waals surface area contributed by atoms with Gasteiger partial charge >= 0.3 is 0 Å². The average Bonchev–Trinajstić information content (AvgIpc) is 2.49. The van der Waals surface area contributed by atoms with Crippen molar-refractivity contribution in [3.05, 3.63) is 65.5 Å². The van der Waals surface area contributed by atoms with Crippen LogP contribution in [0.25, 0.3) is 0 Å². The van der Waals surface area contributed by atoms with Gasteiger partial charge in [-0.3, -0.25) is 4.98 Å². The lowest BCUT2D eigenvalue weighted by Gasteiger charge is -2.36. The van der Waals surface area contributed by atoms with Crippen molar-refractivity contribution in [3.8, 4) is 0 Å². The Morgan fingerprint density at radius 1 is 1.10 bits per heavy atom. The second kappa shape index (κ2) is 5.37. The first kappa shape index (κ1) is 13.3. The number of benzene rings is 1. The van der Waals surface area contributed by atoms with Gasteiger partial charge < -0.3 is 5.11 Å². The highest BCUT2D eigenvalue weighted by Gasteiger charge is 2.35. The van der Waals surface area contributed by atoms with Gasteiger partial charge in [-0.1, -0.05) is 36.4 Å². The van der Waals surface area contributed by atoms with Gasteiger partial charge in [-0.05, 0) is 49.7 Å². The zero-order chi connectivity index (χ0) is 14.0. The van der Waals surface area contributed by atoms with E-state index in [0.717, 1.165) is 36.8 Å². The zero-order valence-corrected chi connectivity index (χ0v) is 11.9. The summed E-state index contributed by atoms with van der Waals surface area (Å²) in [5.41, 5.74) is 2.80. The van der Waals surface area contributed by atoms with Crippen LogP contribution in [0.5, 0.6) is 0 Å². The normalized spacial score (nSPS) is 26.4. The van der Waals surface area contributed by atoms with E-state index < -0.39 is 5.60 Å². The molecule has 0 aliphatic heterocycles. The van der Waals surface area contributed by atoms with Crippen molar-refractivity contribution < 1.29 is 5.11 Å². The summed E-state index contributed by atoms with van der Waals surface area (Å²) in [7, 11) is 0. The minimum absolute atomic E-state index is 0.578. The van der Waals surface area contributed by atoms with Gasteiger partial charge in [0.25, 0.3) is 0 Å². The largest absolute Gasteiger partial charge is 0.385 e. The molecule has 0 atom stereocenters. The molecule has 0 radical (unpaired) electrons. The van der Waals surface area contributed by atoms with Crippen molar-refractivity contribution >= 4 is 0 Å². The Bertz CT molecular complexity index is 571. The van der Waals surface area contributed by atoms with Gasteiger partial charge in [-0.2, -0.15) is 0 Å². The summed E-state index contributed by atoms with van der Waals surface area (Å²) in [6.45, 7) is 2.02. The third-order valence-electron chi connectivity index (χ3n) is 4.50. The molecule has 2 nitrogen and oxygen atoms in total. The Kier molecular flexibility index (Phi) is 3.58. The smallest absolute Gasteiger partial charge is 0.0911 e. The lowest BCUT2D eigenvalue weighted by atomic mass is 9.73. The second-order valence-corrected chi connectivity index (χ2v) is 5.97. The van der Waals surface area contributed by atoms with E-state index in [-0.39, 0.29) is 0 Å². The Labute approximate surface area is 120 Å². The summed E-state index contributed by atoms with van der Waals surface area (Å²) >= 11 is 0. The third-order valence-corrected chi connectivity index (χ3v) is 4.50. The first-order valence-corrected chi connectivity index (χ1v) is 7.37. The molecule has 1 aromatic heterocycles. The number of aromatic nitrogens is 1. The predicted molar refractivity (Wildman–Crippen MR) is 80.5 cm³/mol. The summed E-state index contributed by atoms with van der Waals surface area (Å²) in [4.78, 5) is 4.22. The standard InChI is InChI=1S/C18H21NO/c1-14-11-17(13-19-12-14)18(20)9-7-16(8-10-18)15-5-3-2-4-6-15/h2-6,11-13,16,20H,7-10H2,1H3. The molecular formula is C18H21NO. The van der Waals surface area contributed by atoms with Crippen LogP contribution in [0.2, 0.25) is 0 Å². The van der Waals surface area contributed by atoms with Gasteiger partial charge in [0.1, 0.15) is 0 Å². The Morgan fingerprint density at radius 3 is 2.45 bits per heavy atom. The van der Waals surface area contributed by atoms with E-state index in [2.05, 4.69) is 41.4 Å². The van der Waals surface area contributed by atoms with Crippen LogP contribution in [0.4, 0.5) is 0 Å². The zero-order valence-electron chi connectivity index (χ0n) is 11.9. The molecule has 0 bridgehead atoms. The maximum absolute atomic E-state index is 10.9. The van der Waals surface area contributed by atoms with E-state index in [9.17, 15) is 5.11 Å². The first-order valence-electron chi connectivity index (χ1n) is 7.37. The third kappa shape index (κ3) is 2.61. The molecule has 0 unspecified atom stereocenters. The molecule has 104 valence electrons. The van der Waals surface area contributed by atoms with E-state index in [4.69, 9.17) is 0 Å². The molecule has 0 spiro atoms. The highest BCUT2D eigenvalue weighted by molar-refractivity contribution is 5.26. The number of rotatable bonds is 2. The van der Waals surface area contributed by atoms with Gasteiger partial charge in [-0.15, -0.1) is 0 Å². The van der Waals surface area contributed by atoms with E-state index in [0.29, 0.717) is 5.92 Å². The monoisotopic (exact) mass is 267 g/mol. The van der Waals surface area contributed by atoms with E-state index in [1.807, 2.05) is 19.3 Å². The van der Waals surface area contributed by atoms with Crippen molar-refractivity contribution in [2.24, 2.45) is 0 Å². The molecule has 20 heavy (non-hydrogen) atoms. The van der Waals surface area contributed by atoms with Crippen molar-refractivity contribution in [2.45, 2.75) is 44.1 Å². The predicted octanol–water partition coefficient (Wildman–Crippen LogP) is 3.94. The molecule has 3 rings (SSSR count). The summed E-state index contributed by atoms with van der Waals surface area (Å²) in [6, 6.07) is 12.7. The molecule has 1 heterocycles. The fraction of sp³-hybridized carbons (Fsp3) is 0.389. The van der Waals surface area contributed by atoms with Crippen molar-refractivity contribution in [3.63, 3.8) is 0 Å². The fourth-order valence-corrected chi connectivity index (χ4v) is 3.25. The number of pyridine rings is 1. The van der Waals surface area contributed by atoms with Crippen LogP contribution >= 0.6 is 0 Å². The molecule has 2 heteroatoms. The van der Waals surface area contributed by atoms with Crippen molar-refractivity contribution in [1.29, 1.82) is 0 Å². The molecule has 1 aliphatic carbocycles. The maximum Gasteiger partial charge on any atom is 0.0911 e. The molecule has 0 amide bonds. The molecule has 1 fully saturated rings. The van der Waals surface area contributed by atoms with Gasteiger partial charge in [0, 0.05) is 18.0 Å². The van der Waals surface area contributed by atoms with Gasteiger partial charge in [-0.25, -0.2) is 0 Å². The average molecular weight is 267 g/mol. The Morgan fingerprint density at radius 2 is 1.80 bits per heavy atom. The number of aliphatic hydroxyl groups is 1. The molecule has 1 saturated carbocycles. The number of hydrogen-bond donors (Lipinski definition) is 1. The van der Waals surface area contributed by atoms with Gasteiger partial charge in [0.2, 0.25) is 0 Å². The van der Waals surface area contributed by atoms with Crippen molar-refractivity contribution in [1.82, 2.24) is 4.98 Å². The van der Waals surface area contributed by atoms with Crippen LogP contribution in [0.15, 0.2) is 48.8 Å².